The van der Waals surface area contributed by atoms with Gasteiger partial charge in [-0.05, 0) is 24.9 Å². The van der Waals surface area contributed by atoms with Crippen LogP contribution in [0.4, 0.5) is 0 Å². The zero-order valence-electron chi connectivity index (χ0n) is 11.5. The molecule has 1 amide bonds. The summed E-state index contributed by atoms with van der Waals surface area (Å²) < 4.78 is 0. The highest BCUT2D eigenvalue weighted by molar-refractivity contribution is 5.85. The molecule has 1 saturated heterocycles. The van der Waals surface area contributed by atoms with Crippen molar-refractivity contribution in [1.82, 2.24) is 10.6 Å². The largest absolute Gasteiger partial charge is 0.391 e. The standard InChI is InChI=1S/C15H22N2O2.ClH/c18-14(9-12-5-2-1-3-6-12)11-17-15(19)10-13-7-4-8-16-13;/h1-3,5-6,13-14,16,18H,4,7-11H2,(H,17,19);1H. The fourth-order valence-electron chi connectivity index (χ4n) is 2.42. The van der Waals surface area contributed by atoms with Crippen molar-refractivity contribution in [3.05, 3.63) is 35.9 Å². The van der Waals surface area contributed by atoms with Crippen molar-refractivity contribution >= 4 is 18.3 Å². The number of benzene rings is 1. The van der Waals surface area contributed by atoms with Crippen molar-refractivity contribution in [2.24, 2.45) is 0 Å². The highest BCUT2D eigenvalue weighted by Gasteiger charge is 2.17. The Hall–Kier alpha value is -1.10. The number of halogens is 1. The number of aliphatic hydroxyl groups excluding tert-OH is 1. The van der Waals surface area contributed by atoms with Crippen LogP contribution in [0.3, 0.4) is 0 Å². The minimum atomic E-state index is -0.525. The molecule has 1 aromatic carbocycles. The first kappa shape index (κ1) is 17.0. The predicted molar refractivity (Wildman–Crippen MR) is 82.1 cm³/mol. The number of hydrogen-bond acceptors (Lipinski definition) is 3. The quantitative estimate of drug-likeness (QED) is 0.741. The first-order valence-corrected chi connectivity index (χ1v) is 6.96. The first-order chi connectivity index (χ1) is 9.24. The van der Waals surface area contributed by atoms with Gasteiger partial charge in [0.25, 0.3) is 0 Å². The van der Waals surface area contributed by atoms with Crippen LogP contribution in [0, 0.1) is 0 Å². The lowest BCUT2D eigenvalue weighted by molar-refractivity contribution is -0.122. The zero-order chi connectivity index (χ0) is 13.5. The maximum absolute atomic E-state index is 11.7. The summed E-state index contributed by atoms with van der Waals surface area (Å²) in [6.07, 6.45) is 2.78. The molecule has 3 N–H and O–H groups in total. The maximum Gasteiger partial charge on any atom is 0.221 e. The molecule has 1 aliphatic rings. The lowest BCUT2D eigenvalue weighted by Gasteiger charge is -2.14. The van der Waals surface area contributed by atoms with E-state index in [0.717, 1.165) is 24.9 Å². The highest BCUT2D eigenvalue weighted by Crippen LogP contribution is 2.08. The third kappa shape index (κ3) is 5.90. The molecule has 1 aliphatic heterocycles. The third-order valence-corrected chi connectivity index (χ3v) is 3.44. The predicted octanol–water partition coefficient (Wildman–Crippen LogP) is 1.27. The van der Waals surface area contributed by atoms with E-state index < -0.39 is 6.10 Å². The zero-order valence-corrected chi connectivity index (χ0v) is 12.4. The number of aliphatic hydroxyl groups is 1. The van der Waals surface area contributed by atoms with Gasteiger partial charge in [0.15, 0.2) is 0 Å². The molecule has 0 spiro atoms. The molecule has 0 saturated carbocycles. The van der Waals surface area contributed by atoms with Gasteiger partial charge < -0.3 is 15.7 Å². The highest BCUT2D eigenvalue weighted by atomic mass is 35.5. The van der Waals surface area contributed by atoms with Crippen molar-refractivity contribution in [3.8, 4) is 0 Å². The van der Waals surface area contributed by atoms with Crippen LogP contribution < -0.4 is 10.6 Å². The average molecular weight is 299 g/mol. The summed E-state index contributed by atoms with van der Waals surface area (Å²) in [5, 5.41) is 16.0. The molecule has 0 radical (unpaired) electrons. The molecule has 1 aromatic rings. The number of carbonyl (C=O) groups is 1. The van der Waals surface area contributed by atoms with Gasteiger partial charge in [-0.2, -0.15) is 0 Å². The molecule has 0 bridgehead atoms. The number of rotatable bonds is 6. The molecule has 1 fully saturated rings. The second-order valence-corrected chi connectivity index (χ2v) is 5.15. The summed E-state index contributed by atoms with van der Waals surface area (Å²) in [6.45, 7) is 1.33. The van der Waals surface area contributed by atoms with E-state index >= 15 is 0 Å². The van der Waals surface area contributed by atoms with E-state index in [1.165, 1.54) is 0 Å². The molecule has 20 heavy (non-hydrogen) atoms. The van der Waals surface area contributed by atoms with Gasteiger partial charge >= 0.3 is 0 Å². The van der Waals surface area contributed by atoms with Crippen molar-refractivity contribution in [2.45, 2.75) is 37.8 Å². The van der Waals surface area contributed by atoms with Crippen LogP contribution in [0.5, 0.6) is 0 Å². The maximum atomic E-state index is 11.7. The minimum absolute atomic E-state index is 0. The fourth-order valence-corrected chi connectivity index (χ4v) is 2.42. The topological polar surface area (TPSA) is 61.4 Å². The van der Waals surface area contributed by atoms with E-state index in [1.807, 2.05) is 30.3 Å². The summed E-state index contributed by atoms with van der Waals surface area (Å²) >= 11 is 0. The smallest absolute Gasteiger partial charge is 0.221 e. The normalized spacial score (nSPS) is 19.1. The molecular formula is C15H23ClN2O2. The Morgan fingerprint density at radius 2 is 2.15 bits per heavy atom. The molecule has 112 valence electrons. The molecule has 0 aromatic heterocycles. The van der Waals surface area contributed by atoms with E-state index in [-0.39, 0.29) is 18.3 Å². The Bertz CT molecular complexity index is 394. The van der Waals surface area contributed by atoms with Gasteiger partial charge in [-0.3, -0.25) is 4.79 Å². The fraction of sp³-hybridized carbons (Fsp3) is 0.533. The van der Waals surface area contributed by atoms with E-state index in [0.29, 0.717) is 25.4 Å². The number of amides is 1. The molecular weight excluding hydrogens is 276 g/mol. The Labute approximate surface area is 126 Å². The van der Waals surface area contributed by atoms with Crippen LogP contribution in [0.25, 0.3) is 0 Å². The summed E-state index contributed by atoms with van der Waals surface area (Å²) in [4.78, 5) is 11.7. The summed E-state index contributed by atoms with van der Waals surface area (Å²) in [5.41, 5.74) is 1.08. The molecule has 4 nitrogen and oxygen atoms in total. The van der Waals surface area contributed by atoms with Crippen LogP contribution in [0.1, 0.15) is 24.8 Å². The Kier molecular flexibility index (Phi) is 7.59. The van der Waals surface area contributed by atoms with Crippen LogP contribution in [0.2, 0.25) is 0 Å². The minimum Gasteiger partial charge on any atom is -0.391 e. The van der Waals surface area contributed by atoms with Gasteiger partial charge in [0.05, 0.1) is 6.10 Å². The van der Waals surface area contributed by atoms with E-state index in [4.69, 9.17) is 0 Å². The SMILES string of the molecule is Cl.O=C(CC1CCCN1)NCC(O)Cc1ccccc1. The summed E-state index contributed by atoms with van der Waals surface area (Å²) in [7, 11) is 0. The van der Waals surface area contributed by atoms with Crippen molar-refractivity contribution in [2.75, 3.05) is 13.1 Å². The second-order valence-electron chi connectivity index (χ2n) is 5.15. The van der Waals surface area contributed by atoms with Gasteiger partial charge in [-0.1, -0.05) is 30.3 Å². The van der Waals surface area contributed by atoms with E-state index in [1.54, 1.807) is 0 Å². The molecule has 5 heteroatoms. The molecule has 0 aliphatic carbocycles. The molecule has 1 heterocycles. The summed E-state index contributed by atoms with van der Waals surface area (Å²) in [6, 6.07) is 10.1. The van der Waals surface area contributed by atoms with Crippen molar-refractivity contribution < 1.29 is 9.90 Å². The van der Waals surface area contributed by atoms with Crippen molar-refractivity contribution in [3.63, 3.8) is 0 Å². The van der Waals surface area contributed by atoms with Gasteiger partial charge in [-0.15, -0.1) is 12.4 Å². The average Bonchev–Trinajstić information content (AvgIpc) is 2.90. The second kappa shape index (κ2) is 8.95. The van der Waals surface area contributed by atoms with Crippen molar-refractivity contribution in [1.29, 1.82) is 0 Å². The van der Waals surface area contributed by atoms with Gasteiger partial charge in [0, 0.05) is 25.4 Å². The first-order valence-electron chi connectivity index (χ1n) is 6.96. The summed E-state index contributed by atoms with van der Waals surface area (Å²) in [5.74, 6) is 0.0199. The molecule has 2 unspecified atom stereocenters. The van der Waals surface area contributed by atoms with Crippen LogP contribution in [-0.2, 0) is 11.2 Å². The van der Waals surface area contributed by atoms with Gasteiger partial charge in [-0.25, -0.2) is 0 Å². The molecule has 2 rings (SSSR count). The van der Waals surface area contributed by atoms with Crippen LogP contribution in [-0.4, -0.2) is 36.2 Å². The Morgan fingerprint density at radius 1 is 1.40 bits per heavy atom. The Balaban J connectivity index is 0.00000200. The van der Waals surface area contributed by atoms with Crippen LogP contribution in [0.15, 0.2) is 30.3 Å². The molecule has 2 atom stereocenters. The number of hydrogen-bond donors (Lipinski definition) is 3. The lowest BCUT2D eigenvalue weighted by atomic mass is 10.1. The third-order valence-electron chi connectivity index (χ3n) is 3.44. The monoisotopic (exact) mass is 298 g/mol. The van der Waals surface area contributed by atoms with Crippen LogP contribution >= 0.6 is 12.4 Å². The Morgan fingerprint density at radius 3 is 2.80 bits per heavy atom. The van der Waals surface area contributed by atoms with Gasteiger partial charge in [0.1, 0.15) is 0 Å². The van der Waals surface area contributed by atoms with E-state index in [2.05, 4.69) is 10.6 Å². The van der Waals surface area contributed by atoms with E-state index in [9.17, 15) is 9.90 Å². The van der Waals surface area contributed by atoms with Gasteiger partial charge in [0.2, 0.25) is 5.91 Å². The number of nitrogens with one attached hydrogen (secondary N) is 2. The lowest BCUT2D eigenvalue weighted by Crippen LogP contribution is -2.36. The number of carbonyl (C=O) groups excluding carboxylic acids is 1.